The molecule has 0 spiro atoms. The van der Waals surface area contributed by atoms with Gasteiger partial charge in [-0.15, -0.1) is 0 Å². The topological polar surface area (TPSA) is 58.2 Å². The van der Waals surface area contributed by atoms with Crippen molar-refractivity contribution in [3.05, 3.63) is 29.6 Å². The summed E-state index contributed by atoms with van der Waals surface area (Å²) >= 11 is 3.87. The van der Waals surface area contributed by atoms with E-state index in [-0.39, 0.29) is 11.4 Å². The smallest absolute Gasteiger partial charge is 0.247 e. The molecule has 0 bridgehead atoms. The first-order chi connectivity index (χ1) is 8.85. The van der Waals surface area contributed by atoms with E-state index in [0.717, 1.165) is 0 Å². The van der Waals surface area contributed by atoms with E-state index < -0.39 is 35.3 Å². The van der Waals surface area contributed by atoms with Crippen molar-refractivity contribution >= 4 is 30.1 Å². The van der Waals surface area contributed by atoms with Gasteiger partial charge in [0.15, 0.2) is 17.5 Å². The zero-order chi connectivity index (χ0) is 14.6. The zero-order valence-corrected chi connectivity index (χ0v) is 10.7. The van der Waals surface area contributed by atoms with Crippen LogP contribution in [-0.2, 0) is 9.59 Å². The minimum atomic E-state index is -1.62. The summed E-state index contributed by atoms with van der Waals surface area (Å²) in [4.78, 5) is 22.5. The van der Waals surface area contributed by atoms with E-state index in [4.69, 9.17) is 0 Å². The van der Waals surface area contributed by atoms with Crippen molar-refractivity contribution in [1.29, 1.82) is 0 Å². The summed E-state index contributed by atoms with van der Waals surface area (Å²) in [5, 5.41) is 4.46. The number of anilines is 1. The van der Waals surface area contributed by atoms with E-state index in [9.17, 15) is 22.8 Å². The van der Waals surface area contributed by atoms with Crippen molar-refractivity contribution in [2.45, 2.75) is 13.0 Å². The Balaban J connectivity index is 2.84. The van der Waals surface area contributed by atoms with E-state index >= 15 is 0 Å². The number of halogens is 3. The maximum atomic E-state index is 12.9. The number of nitrogens with one attached hydrogen (secondary N) is 2. The number of amides is 2. The van der Waals surface area contributed by atoms with Crippen LogP contribution in [-0.4, -0.2) is 23.6 Å². The Kier molecular flexibility index (Phi) is 5.22. The summed E-state index contributed by atoms with van der Waals surface area (Å²) in [5.41, 5.74) is -0.251. The Morgan fingerprint density at radius 3 is 2.21 bits per heavy atom. The van der Waals surface area contributed by atoms with Gasteiger partial charge in [-0.25, -0.2) is 13.2 Å². The quantitative estimate of drug-likeness (QED) is 0.581. The molecule has 0 radical (unpaired) electrons. The molecule has 2 N–H and O–H groups in total. The number of rotatable bonds is 4. The highest BCUT2D eigenvalue weighted by molar-refractivity contribution is 7.80. The lowest BCUT2D eigenvalue weighted by Crippen LogP contribution is -2.44. The van der Waals surface area contributed by atoms with Crippen LogP contribution < -0.4 is 10.6 Å². The van der Waals surface area contributed by atoms with Gasteiger partial charge in [-0.3, -0.25) is 9.59 Å². The highest BCUT2D eigenvalue weighted by Gasteiger charge is 2.19. The average molecular weight is 292 g/mol. The number of benzene rings is 1. The Hall–Kier alpha value is -1.70. The summed E-state index contributed by atoms with van der Waals surface area (Å²) in [7, 11) is 0. The number of thiol groups is 1. The van der Waals surface area contributed by atoms with Gasteiger partial charge in [0.05, 0.1) is 0 Å². The van der Waals surface area contributed by atoms with Crippen LogP contribution in [0, 0.1) is 17.5 Å². The van der Waals surface area contributed by atoms with Gasteiger partial charge < -0.3 is 10.6 Å². The van der Waals surface area contributed by atoms with Gasteiger partial charge >= 0.3 is 0 Å². The molecule has 1 atom stereocenters. The second-order valence-electron chi connectivity index (χ2n) is 3.68. The van der Waals surface area contributed by atoms with Crippen molar-refractivity contribution in [2.24, 2.45) is 0 Å². The van der Waals surface area contributed by atoms with Gasteiger partial charge in [-0.1, -0.05) is 0 Å². The summed E-state index contributed by atoms with van der Waals surface area (Å²) < 4.78 is 38.6. The fourth-order valence-electron chi connectivity index (χ4n) is 1.30. The van der Waals surface area contributed by atoms with Gasteiger partial charge in [0.2, 0.25) is 11.8 Å². The van der Waals surface area contributed by atoms with Crippen LogP contribution in [0.5, 0.6) is 0 Å². The monoisotopic (exact) mass is 292 g/mol. The normalized spacial score (nSPS) is 11.8. The summed E-state index contributed by atoms with van der Waals surface area (Å²) in [5.74, 6) is -5.63. The average Bonchev–Trinajstić information content (AvgIpc) is 2.32. The molecule has 1 rings (SSSR count). The molecule has 1 aromatic carbocycles. The molecule has 8 heteroatoms. The maximum Gasteiger partial charge on any atom is 0.247 e. The van der Waals surface area contributed by atoms with Gasteiger partial charge in [-0.2, -0.15) is 12.6 Å². The third-order valence-electron chi connectivity index (χ3n) is 2.13. The molecule has 1 unspecified atom stereocenters. The number of carbonyl (C=O) groups excluding carboxylic acids is 2. The summed E-state index contributed by atoms with van der Waals surface area (Å²) in [6, 6.07) is 0.316. The minimum absolute atomic E-state index is 0.00241. The second kappa shape index (κ2) is 6.46. The van der Waals surface area contributed by atoms with E-state index in [1.54, 1.807) is 0 Å². The van der Waals surface area contributed by atoms with Crippen molar-refractivity contribution in [2.75, 3.05) is 11.1 Å². The van der Waals surface area contributed by atoms with Crippen molar-refractivity contribution in [1.82, 2.24) is 5.32 Å². The lowest BCUT2D eigenvalue weighted by molar-refractivity contribution is -0.124. The van der Waals surface area contributed by atoms with Crippen LogP contribution in [0.4, 0.5) is 18.9 Å². The van der Waals surface area contributed by atoms with E-state index in [0.29, 0.717) is 12.1 Å². The molecule has 19 heavy (non-hydrogen) atoms. The van der Waals surface area contributed by atoms with E-state index in [2.05, 4.69) is 23.3 Å². The van der Waals surface area contributed by atoms with Crippen molar-refractivity contribution < 1.29 is 22.8 Å². The standard InChI is InChI=1S/C11H11F3N2O2S/c1-5(17)15-9(4-19)11(18)16-6-2-7(12)10(14)8(13)3-6/h2-3,9,19H,4H2,1H3,(H,15,17)(H,16,18). The van der Waals surface area contributed by atoms with Gasteiger partial charge in [0.1, 0.15) is 6.04 Å². The predicted octanol–water partition coefficient (Wildman–Crippen LogP) is 1.48. The zero-order valence-electron chi connectivity index (χ0n) is 9.84. The SMILES string of the molecule is CC(=O)NC(CS)C(=O)Nc1cc(F)c(F)c(F)c1. The van der Waals surface area contributed by atoms with E-state index in [1.165, 1.54) is 6.92 Å². The molecule has 0 aromatic heterocycles. The van der Waals surface area contributed by atoms with Crippen LogP contribution in [0.1, 0.15) is 6.92 Å². The summed E-state index contributed by atoms with van der Waals surface area (Å²) in [6.07, 6.45) is 0. The fourth-order valence-corrected chi connectivity index (χ4v) is 1.55. The number of hydrogen-bond acceptors (Lipinski definition) is 3. The molecule has 4 nitrogen and oxygen atoms in total. The molecule has 0 fully saturated rings. The third kappa shape index (κ3) is 4.16. The largest absolute Gasteiger partial charge is 0.344 e. The molecule has 2 amide bonds. The first-order valence-corrected chi connectivity index (χ1v) is 5.81. The van der Waals surface area contributed by atoms with Crippen LogP contribution in [0.25, 0.3) is 0 Å². The molecule has 0 aliphatic heterocycles. The predicted molar refractivity (Wildman–Crippen MR) is 66.4 cm³/mol. The molecule has 104 valence electrons. The molecular weight excluding hydrogens is 281 g/mol. The Morgan fingerprint density at radius 1 is 1.26 bits per heavy atom. The first kappa shape index (κ1) is 15.4. The van der Waals surface area contributed by atoms with Crippen LogP contribution in [0.15, 0.2) is 12.1 Å². The maximum absolute atomic E-state index is 12.9. The first-order valence-electron chi connectivity index (χ1n) is 5.18. The Labute approximate surface area is 112 Å². The lowest BCUT2D eigenvalue weighted by atomic mass is 10.2. The van der Waals surface area contributed by atoms with Gasteiger partial charge in [-0.05, 0) is 0 Å². The fraction of sp³-hybridized carbons (Fsp3) is 0.273. The molecular formula is C11H11F3N2O2S. The Morgan fingerprint density at radius 2 is 1.79 bits per heavy atom. The molecule has 0 aliphatic rings. The molecule has 0 heterocycles. The van der Waals surface area contributed by atoms with Crippen LogP contribution >= 0.6 is 12.6 Å². The highest BCUT2D eigenvalue weighted by atomic mass is 32.1. The molecule has 0 saturated heterocycles. The molecule has 1 aromatic rings. The van der Waals surface area contributed by atoms with Crippen molar-refractivity contribution in [3.8, 4) is 0 Å². The molecule has 0 saturated carbocycles. The van der Waals surface area contributed by atoms with Gasteiger partial charge in [0.25, 0.3) is 0 Å². The summed E-state index contributed by atoms with van der Waals surface area (Å²) in [6.45, 7) is 1.21. The highest BCUT2D eigenvalue weighted by Crippen LogP contribution is 2.17. The Bertz CT molecular complexity index is 488. The van der Waals surface area contributed by atoms with E-state index in [1.807, 2.05) is 0 Å². The second-order valence-corrected chi connectivity index (χ2v) is 4.04. The number of carbonyl (C=O) groups is 2. The van der Waals surface area contributed by atoms with Crippen molar-refractivity contribution in [3.63, 3.8) is 0 Å². The lowest BCUT2D eigenvalue weighted by Gasteiger charge is -2.15. The third-order valence-corrected chi connectivity index (χ3v) is 2.49. The minimum Gasteiger partial charge on any atom is -0.344 e. The molecule has 0 aliphatic carbocycles. The van der Waals surface area contributed by atoms with Gasteiger partial charge in [0, 0.05) is 30.5 Å². The van der Waals surface area contributed by atoms with Crippen LogP contribution in [0.2, 0.25) is 0 Å². The number of hydrogen-bond donors (Lipinski definition) is 3. The van der Waals surface area contributed by atoms with Crippen LogP contribution in [0.3, 0.4) is 0 Å².